The number of imidazole rings is 1. The molecular formula is C60H58N3OPt-. The molecule has 2 aromatic heterocycles. The minimum Gasteiger partial charge on any atom is -0.507 e. The van der Waals surface area contributed by atoms with Crippen molar-refractivity contribution < 1.29 is 26.2 Å². The summed E-state index contributed by atoms with van der Waals surface area (Å²) in [5, 5.41) is 11.9. The van der Waals surface area contributed by atoms with Crippen LogP contribution < -0.4 is 0 Å². The molecule has 0 amide bonds. The predicted octanol–water partition coefficient (Wildman–Crippen LogP) is 15.8. The summed E-state index contributed by atoms with van der Waals surface area (Å²) in [6, 6.07) is 64.3. The summed E-state index contributed by atoms with van der Waals surface area (Å²) >= 11 is 0. The van der Waals surface area contributed by atoms with E-state index in [9.17, 15) is 5.11 Å². The Kier molecular flexibility index (Phi) is 13.6. The van der Waals surface area contributed by atoms with Gasteiger partial charge in [0.05, 0.1) is 22.3 Å². The van der Waals surface area contributed by atoms with Crippen molar-refractivity contribution in [1.82, 2.24) is 14.5 Å². The summed E-state index contributed by atoms with van der Waals surface area (Å²) in [6.07, 6.45) is 1.87. The third kappa shape index (κ3) is 10.3. The first kappa shape index (κ1) is 46.6. The van der Waals surface area contributed by atoms with Crippen molar-refractivity contribution in [2.24, 2.45) is 0 Å². The van der Waals surface area contributed by atoms with Gasteiger partial charge in [-0.3, -0.25) is 4.57 Å². The van der Waals surface area contributed by atoms with E-state index in [2.05, 4.69) is 211 Å². The molecule has 0 radical (unpaired) electrons. The van der Waals surface area contributed by atoms with Crippen molar-refractivity contribution >= 4 is 11.0 Å². The van der Waals surface area contributed by atoms with E-state index in [4.69, 9.17) is 4.98 Å². The van der Waals surface area contributed by atoms with E-state index in [0.29, 0.717) is 0 Å². The van der Waals surface area contributed by atoms with Gasteiger partial charge in [-0.1, -0.05) is 190 Å². The van der Waals surface area contributed by atoms with Crippen LogP contribution in [0.25, 0.3) is 72.7 Å². The maximum Gasteiger partial charge on any atom is 0.149 e. The van der Waals surface area contributed by atoms with Crippen LogP contribution in [0, 0.1) is 6.07 Å². The number of para-hydroxylation sites is 2. The molecule has 5 heteroatoms. The van der Waals surface area contributed by atoms with Crippen LogP contribution in [-0.4, -0.2) is 19.6 Å². The molecule has 0 saturated heterocycles. The number of hydrogen-bond acceptors (Lipinski definition) is 3. The molecule has 0 aliphatic rings. The number of phenols is 1. The molecule has 0 fully saturated rings. The number of phenolic OH excluding ortho intramolecular Hbond substituents is 1. The first-order valence-corrected chi connectivity index (χ1v) is 22.2. The van der Waals surface area contributed by atoms with Gasteiger partial charge < -0.3 is 10.1 Å². The van der Waals surface area contributed by atoms with Gasteiger partial charge >= 0.3 is 0 Å². The molecule has 0 unspecified atom stereocenters. The number of aromatic hydroxyl groups is 1. The maximum absolute atomic E-state index is 11.9. The van der Waals surface area contributed by atoms with Gasteiger partial charge in [0, 0.05) is 38.4 Å². The minimum absolute atomic E-state index is 0. The van der Waals surface area contributed by atoms with E-state index in [0.717, 1.165) is 67.2 Å². The number of pyridine rings is 1. The van der Waals surface area contributed by atoms with E-state index < -0.39 is 0 Å². The Hall–Kier alpha value is -6.35. The molecule has 0 aliphatic carbocycles. The number of rotatable bonds is 6. The Morgan fingerprint density at radius 2 is 1.06 bits per heavy atom. The normalized spacial score (nSPS) is 11.7. The minimum atomic E-state index is -0.251. The van der Waals surface area contributed by atoms with Crippen LogP contribution in [0.5, 0.6) is 5.75 Å². The summed E-state index contributed by atoms with van der Waals surface area (Å²) in [5.41, 5.74) is 15.7. The standard InChI is InChI=1S/C39H38N2O.C21H20N.Pt/c1-38(2,3)29-24-31(36(42)32(25-29)39(4,5)6)37-40-33-19-13-14-20-34(33)41(37)35-23-28(26-15-9-7-10-16-26)21-22-30(35)27-17-11-8-12-18-27;1-21(2,3)19-11-7-10-18(14-19)20-15-17(12-13-22-20)16-8-5-4-6-9-16;/h7-25,42H,1-6H3;4-9,11-15H,1-3H3;/q;-1;. The Balaban J connectivity index is 0.000000231. The average molecular weight is 1030 g/mol. The Labute approximate surface area is 400 Å². The summed E-state index contributed by atoms with van der Waals surface area (Å²) < 4.78 is 2.23. The molecule has 9 rings (SSSR count). The number of aromatic nitrogens is 3. The summed E-state index contributed by atoms with van der Waals surface area (Å²) in [5.74, 6) is 1.01. The fourth-order valence-electron chi connectivity index (χ4n) is 8.12. The molecule has 1 N–H and O–H groups in total. The summed E-state index contributed by atoms with van der Waals surface area (Å²) in [7, 11) is 0. The van der Waals surface area contributed by atoms with Gasteiger partial charge in [0.25, 0.3) is 0 Å². The van der Waals surface area contributed by atoms with Gasteiger partial charge in [-0.2, -0.15) is 0 Å². The zero-order valence-corrected chi connectivity index (χ0v) is 41.2. The maximum atomic E-state index is 11.9. The predicted molar refractivity (Wildman–Crippen MR) is 269 cm³/mol. The number of benzene rings is 7. The second-order valence-corrected chi connectivity index (χ2v) is 19.7. The van der Waals surface area contributed by atoms with Gasteiger partial charge in [0.1, 0.15) is 11.6 Å². The average Bonchev–Trinajstić information content (AvgIpc) is 3.68. The first-order chi connectivity index (χ1) is 30.6. The largest absolute Gasteiger partial charge is 0.507 e. The van der Waals surface area contributed by atoms with Crippen molar-refractivity contribution in [2.75, 3.05) is 0 Å². The van der Waals surface area contributed by atoms with Gasteiger partial charge in [0.2, 0.25) is 0 Å². The second-order valence-electron chi connectivity index (χ2n) is 19.7. The van der Waals surface area contributed by atoms with Gasteiger partial charge in [0.15, 0.2) is 0 Å². The molecule has 0 saturated carbocycles. The Morgan fingerprint density at radius 1 is 0.492 bits per heavy atom. The van der Waals surface area contributed by atoms with Gasteiger partial charge in [-0.25, -0.2) is 4.98 Å². The number of fused-ring (bicyclic) bond motifs is 1. The number of hydrogen-bond donors (Lipinski definition) is 1. The Morgan fingerprint density at radius 3 is 1.66 bits per heavy atom. The SMILES string of the molecule is CC(C)(C)c1cc(-c2nc3ccccc3n2-c2cc(-c3ccccc3)ccc2-c2ccccc2)c(O)c(C(C)(C)C)c1.CC(C)(C)c1cc[c-]c(-c2cc(-c3ccccc3)ccn2)c1.[Pt]. The Bertz CT molecular complexity index is 3040. The molecule has 0 aliphatic heterocycles. The molecule has 4 nitrogen and oxygen atoms in total. The van der Waals surface area contributed by atoms with Crippen molar-refractivity contribution in [3.63, 3.8) is 0 Å². The molecule has 9 aromatic rings. The van der Waals surface area contributed by atoms with Crippen LogP contribution in [0.1, 0.15) is 79.0 Å². The van der Waals surface area contributed by atoms with Crippen molar-refractivity contribution in [1.29, 1.82) is 0 Å². The monoisotopic (exact) mass is 1030 g/mol. The van der Waals surface area contributed by atoms with Crippen LogP contribution in [-0.2, 0) is 37.3 Å². The van der Waals surface area contributed by atoms with Crippen LogP contribution >= 0.6 is 0 Å². The number of nitrogens with zero attached hydrogens (tertiary/aromatic N) is 3. The quantitative estimate of drug-likeness (QED) is 0.169. The van der Waals surface area contributed by atoms with Crippen LogP contribution in [0.15, 0.2) is 182 Å². The zero-order valence-electron chi connectivity index (χ0n) is 38.9. The fraction of sp³-hybridized carbons (Fsp3) is 0.200. The zero-order chi connectivity index (χ0) is 45.2. The van der Waals surface area contributed by atoms with E-state index >= 15 is 0 Å². The summed E-state index contributed by atoms with van der Waals surface area (Å²) in [6.45, 7) is 19.8. The van der Waals surface area contributed by atoms with Crippen molar-refractivity contribution in [2.45, 2.75) is 78.6 Å². The van der Waals surface area contributed by atoms with Crippen LogP contribution in [0.4, 0.5) is 0 Å². The van der Waals surface area contributed by atoms with Gasteiger partial charge in [-0.05, 0) is 85.7 Å². The van der Waals surface area contributed by atoms with Gasteiger partial charge in [-0.15, -0.1) is 35.4 Å². The van der Waals surface area contributed by atoms with E-state index in [1.54, 1.807) is 0 Å². The van der Waals surface area contributed by atoms with E-state index in [1.165, 1.54) is 22.3 Å². The van der Waals surface area contributed by atoms with E-state index in [-0.39, 0.29) is 43.1 Å². The van der Waals surface area contributed by atoms with Crippen molar-refractivity contribution in [3.8, 4) is 67.5 Å². The molecule has 0 atom stereocenters. The third-order valence-electron chi connectivity index (χ3n) is 11.8. The van der Waals surface area contributed by atoms with Crippen molar-refractivity contribution in [3.05, 3.63) is 205 Å². The van der Waals surface area contributed by atoms with Crippen LogP contribution in [0.2, 0.25) is 0 Å². The molecule has 2 heterocycles. The molecule has 0 spiro atoms. The first-order valence-electron chi connectivity index (χ1n) is 22.2. The molecule has 7 aromatic carbocycles. The molecular weight excluding hydrogens is 974 g/mol. The fourth-order valence-corrected chi connectivity index (χ4v) is 8.12. The van der Waals surface area contributed by atoms with E-state index in [1.807, 2.05) is 48.7 Å². The van der Waals surface area contributed by atoms with Crippen LogP contribution in [0.3, 0.4) is 0 Å². The topological polar surface area (TPSA) is 50.9 Å². The third-order valence-corrected chi connectivity index (χ3v) is 11.8. The molecule has 330 valence electrons. The second kappa shape index (κ2) is 19.0. The molecule has 65 heavy (non-hydrogen) atoms. The molecule has 0 bridgehead atoms. The summed E-state index contributed by atoms with van der Waals surface area (Å²) in [4.78, 5) is 9.73. The smallest absolute Gasteiger partial charge is 0.149 e.